The summed E-state index contributed by atoms with van der Waals surface area (Å²) in [5.74, 6) is 0. The molecule has 2 aromatic rings. The molecule has 1 heterocycles. The van der Waals surface area contributed by atoms with Crippen molar-refractivity contribution in [1.82, 2.24) is 19.8 Å². The third kappa shape index (κ3) is 4.16. The van der Waals surface area contributed by atoms with E-state index >= 15 is 0 Å². The van der Waals surface area contributed by atoms with Crippen molar-refractivity contribution in [2.75, 3.05) is 26.0 Å². The average Bonchev–Trinajstić information content (AvgIpc) is 3.39. The molecule has 0 unspecified atom stereocenters. The van der Waals surface area contributed by atoms with Crippen LogP contribution in [-0.2, 0) is 42.1 Å². The van der Waals surface area contributed by atoms with Gasteiger partial charge in [-0.05, 0) is 74.9 Å². The van der Waals surface area contributed by atoms with Crippen molar-refractivity contribution in [2.45, 2.75) is 50.0 Å². The number of urea groups is 1. The normalized spacial score (nSPS) is 15.4. The maximum Gasteiger partial charge on any atom is 0.333 e. The number of hydrogen-bond acceptors (Lipinski definition) is 5. The molecule has 0 radical (unpaired) electrons. The maximum atomic E-state index is 12.6. The molecule has 8 nitrogen and oxygen atoms in total. The molecule has 0 fully saturated rings. The first-order chi connectivity index (χ1) is 13.8. The fourth-order valence-corrected chi connectivity index (χ4v) is 5.09. The van der Waals surface area contributed by atoms with E-state index in [-0.39, 0.29) is 5.03 Å². The van der Waals surface area contributed by atoms with E-state index in [0.717, 1.165) is 61.9 Å². The van der Waals surface area contributed by atoms with E-state index in [4.69, 9.17) is 0 Å². The lowest BCUT2D eigenvalue weighted by molar-refractivity contribution is 0.256. The molecule has 4 rings (SSSR count). The second kappa shape index (κ2) is 7.79. The van der Waals surface area contributed by atoms with Gasteiger partial charge >= 0.3 is 6.03 Å². The van der Waals surface area contributed by atoms with Gasteiger partial charge in [-0.3, -0.25) is 5.10 Å². The van der Waals surface area contributed by atoms with Gasteiger partial charge in [-0.1, -0.05) is 6.07 Å². The molecule has 29 heavy (non-hydrogen) atoms. The Morgan fingerprint density at radius 3 is 2.38 bits per heavy atom. The SMILES string of the molecule is CN(C)CCc1cc(S(=O)(=O)NC(=O)Nc2c3c(cc4c2CCC4)CCC3)n[nH]1. The summed E-state index contributed by atoms with van der Waals surface area (Å²) in [6.07, 6.45) is 6.63. The lowest BCUT2D eigenvalue weighted by Crippen LogP contribution is -2.35. The fraction of sp³-hybridized carbons (Fsp3) is 0.500. The Labute approximate surface area is 171 Å². The number of benzene rings is 1. The first kappa shape index (κ1) is 19.9. The van der Waals surface area contributed by atoms with Crippen molar-refractivity contribution in [1.29, 1.82) is 0 Å². The lowest BCUT2D eigenvalue weighted by atomic mass is 9.99. The highest BCUT2D eigenvalue weighted by atomic mass is 32.2. The second-order valence-corrected chi connectivity index (χ2v) is 9.71. The van der Waals surface area contributed by atoms with Crippen molar-refractivity contribution in [3.05, 3.63) is 40.1 Å². The minimum Gasteiger partial charge on any atom is -0.309 e. The Hall–Kier alpha value is -2.39. The highest BCUT2D eigenvalue weighted by molar-refractivity contribution is 7.90. The van der Waals surface area contributed by atoms with Gasteiger partial charge in [-0.2, -0.15) is 13.5 Å². The third-order valence-corrected chi connectivity index (χ3v) is 6.86. The lowest BCUT2D eigenvalue weighted by Gasteiger charge is -2.16. The number of aromatic amines is 1. The summed E-state index contributed by atoms with van der Waals surface area (Å²) >= 11 is 0. The van der Waals surface area contributed by atoms with Crippen molar-refractivity contribution in [2.24, 2.45) is 0 Å². The number of anilines is 1. The molecular weight excluding hydrogens is 390 g/mol. The number of H-pyrrole nitrogens is 1. The van der Waals surface area contributed by atoms with Crippen LogP contribution < -0.4 is 10.0 Å². The molecule has 0 spiro atoms. The van der Waals surface area contributed by atoms with Gasteiger partial charge in [-0.25, -0.2) is 9.52 Å². The van der Waals surface area contributed by atoms with Gasteiger partial charge in [0.15, 0.2) is 5.03 Å². The summed E-state index contributed by atoms with van der Waals surface area (Å²) in [6, 6.07) is 3.00. The molecule has 2 aliphatic rings. The van der Waals surface area contributed by atoms with Gasteiger partial charge in [0.05, 0.1) is 0 Å². The van der Waals surface area contributed by atoms with Crippen LogP contribution in [0.25, 0.3) is 0 Å². The number of likely N-dealkylation sites (N-methyl/N-ethyl adjacent to an activating group) is 1. The van der Waals surface area contributed by atoms with Crippen molar-refractivity contribution >= 4 is 21.7 Å². The molecule has 2 aliphatic carbocycles. The molecule has 0 bridgehead atoms. The quantitative estimate of drug-likeness (QED) is 0.666. The van der Waals surface area contributed by atoms with Crippen molar-refractivity contribution < 1.29 is 13.2 Å². The Morgan fingerprint density at radius 1 is 1.10 bits per heavy atom. The molecule has 9 heteroatoms. The number of nitrogens with zero attached hydrogens (tertiary/aromatic N) is 2. The third-order valence-electron chi connectivity index (χ3n) is 5.65. The van der Waals surface area contributed by atoms with E-state index in [2.05, 4.69) is 26.3 Å². The standard InChI is InChI=1S/C20H27N5O3S/c1-25(2)10-9-15-12-18(23-22-15)29(27,28)24-20(26)21-19-16-7-3-5-13(16)11-14-6-4-8-17(14)19/h11-12H,3-10H2,1-2H3,(H,22,23)(H2,21,24,26). The van der Waals surface area contributed by atoms with Crippen LogP contribution in [0.3, 0.4) is 0 Å². The Bertz CT molecular complexity index is 1010. The highest BCUT2D eigenvalue weighted by Crippen LogP contribution is 2.38. The van der Waals surface area contributed by atoms with Crippen molar-refractivity contribution in [3.63, 3.8) is 0 Å². The summed E-state index contributed by atoms with van der Waals surface area (Å²) in [7, 11) is -0.161. The smallest absolute Gasteiger partial charge is 0.309 e. The van der Waals surface area contributed by atoms with E-state index in [1.807, 2.05) is 19.0 Å². The van der Waals surface area contributed by atoms with Gasteiger partial charge in [0.1, 0.15) is 0 Å². The monoisotopic (exact) mass is 417 g/mol. The largest absolute Gasteiger partial charge is 0.333 e. The summed E-state index contributed by atoms with van der Waals surface area (Å²) in [5.41, 5.74) is 6.39. The van der Waals surface area contributed by atoms with Gasteiger partial charge in [0, 0.05) is 30.4 Å². The fourth-order valence-electron chi connectivity index (χ4n) is 4.23. The Morgan fingerprint density at radius 2 is 1.76 bits per heavy atom. The molecule has 3 N–H and O–H groups in total. The molecule has 1 aromatic carbocycles. The summed E-state index contributed by atoms with van der Waals surface area (Å²) in [4.78, 5) is 14.6. The predicted molar refractivity (Wildman–Crippen MR) is 111 cm³/mol. The van der Waals surface area contributed by atoms with Crippen LogP contribution in [0.4, 0.5) is 10.5 Å². The van der Waals surface area contributed by atoms with Crippen LogP contribution in [0.5, 0.6) is 0 Å². The number of aryl methyl sites for hydroxylation is 2. The number of amides is 2. The number of nitrogens with one attached hydrogen (secondary N) is 3. The predicted octanol–water partition coefficient (Wildman–Crippen LogP) is 2.00. The first-order valence-corrected chi connectivity index (χ1v) is 11.5. The number of sulfonamides is 1. The number of hydrogen-bond donors (Lipinski definition) is 3. The van der Waals surface area contributed by atoms with Gasteiger partial charge in [0.2, 0.25) is 0 Å². The van der Waals surface area contributed by atoms with Crippen molar-refractivity contribution in [3.8, 4) is 0 Å². The van der Waals surface area contributed by atoms with Crippen LogP contribution in [0.2, 0.25) is 0 Å². The molecule has 0 atom stereocenters. The number of aromatic nitrogens is 2. The molecule has 156 valence electrons. The summed E-state index contributed by atoms with van der Waals surface area (Å²) < 4.78 is 27.3. The topological polar surface area (TPSA) is 107 Å². The van der Waals surface area contributed by atoms with Crippen LogP contribution in [0, 0.1) is 0 Å². The molecule has 0 aliphatic heterocycles. The summed E-state index contributed by atoms with van der Waals surface area (Å²) in [5, 5.41) is 9.26. The van der Waals surface area contributed by atoms with Gasteiger partial charge in [-0.15, -0.1) is 0 Å². The van der Waals surface area contributed by atoms with E-state index < -0.39 is 16.1 Å². The number of carbonyl (C=O) groups is 1. The number of fused-ring (bicyclic) bond motifs is 2. The van der Waals surface area contributed by atoms with Crippen LogP contribution in [-0.4, -0.2) is 50.2 Å². The Balaban J connectivity index is 1.49. The molecule has 1 aromatic heterocycles. The molecule has 2 amide bonds. The van der Waals surface area contributed by atoms with E-state index in [0.29, 0.717) is 12.1 Å². The Kier molecular flexibility index (Phi) is 5.35. The average molecular weight is 418 g/mol. The van der Waals surface area contributed by atoms with Crippen LogP contribution in [0.15, 0.2) is 17.2 Å². The minimum atomic E-state index is -4.04. The second-order valence-electron chi connectivity index (χ2n) is 8.08. The molecule has 0 saturated heterocycles. The molecular formula is C20H27N5O3S. The summed E-state index contributed by atoms with van der Waals surface area (Å²) in [6.45, 7) is 0.764. The van der Waals surface area contributed by atoms with Crippen LogP contribution >= 0.6 is 0 Å². The van der Waals surface area contributed by atoms with E-state index in [9.17, 15) is 13.2 Å². The highest BCUT2D eigenvalue weighted by Gasteiger charge is 2.27. The first-order valence-electron chi connectivity index (χ1n) is 10.0. The van der Waals surface area contributed by atoms with Gasteiger partial charge < -0.3 is 10.2 Å². The van der Waals surface area contributed by atoms with E-state index in [1.54, 1.807) is 0 Å². The molecule has 0 saturated carbocycles. The maximum absolute atomic E-state index is 12.6. The number of rotatable bonds is 6. The zero-order valence-electron chi connectivity index (χ0n) is 16.8. The zero-order chi connectivity index (χ0) is 20.6. The van der Waals surface area contributed by atoms with Gasteiger partial charge in [0.25, 0.3) is 10.0 Å². The van der Waals surface area contributed by atoms with E-state index in [1.165, 1.54) is 17.2 Å². The zero-order valence-corrected chi connectivity index (χ0v) is 17.7. The number of carbonyl (C=O) groups excluding carboxylic acids is 1. The minimum absolute atomic E-state index is 0.176. The van der Waals surface area contributed by atoms with Crippen LogP contribution in [0.1, 0.15) is 40.8 Å².